The van der Waals surface area contributed by atoms with Crippen LogP contribution < -0.4 is 0 Å². The van der Waals surface area contributed by atoms with Gasteiger partial charge in [0.1, 0.15) is 6.10 Å². The summed E-state index contributed by atoms with van der Waals surface area (Å²) < 4.78 is 16.7. The number of rotatable bonds is 15. The zero-order valence-corrected chi connectivity index (χ0v) is 21.0. The molecule has 8 atom stereocenters. The first kappa shape index (κ1) is 29.5. The number of hydrogen-bond acceptors (Lipinski definition) is 8. The first-order chi connectivity index (χ1) is 16.6. The van der Waals surface area contributed by atoms with E-state index in [9.17, 15) is 24.9 Å². The number of esters is 1. The zero-order valence-electron chi connectivity index (χ0n) is 21.0. The van der Waals surface area contributed by atoms with E-state index in [1.54, 1.807) is 13.8 Å². The molecule has 9 heteroatoms. The quantitative estimate of drug-likeness (QED) is 0.0878. The fraction of sp³-hybridized carbons (Fsp3) is 0.769. The van der Waals surface area contributed by atoms with Crippen LogP contribution in [0.1, 0.15) is 65.7 Å². The van der Waals surface area contributed by atoms with E-state index >= 15 is 0 Å². The number of ether oxygens (including phenoxy) is 3. The van der Waals surface area contributed by atoms with Crippen LogP contribution in [0.2, 0.25) is 0 Å². The van der Waals surface area contributed by atoms with Gasteiger partial charge in [-0.15, -0.1) is 0 Å². The van der Waals surface area contributed by atoms with Gasteiger partial charge in [-0.2, -0.15) is 0 Å². The molecule has 0 radical (unpaired) electrons. The summed E-state index contributed by atoms with van der Waals surface area (Å²) in [5.41, 5.74) is 0.697. The largest absolute Gasteiger partial charge is 0.481 e. The minimum Gasteiger partial charge on any atom is -0.481 e. The number of carbonyl (C=O) groups excluding carboxylic acids is 1. The average molecular weight is 499 g/mol. The molecule has 8 unspecified atom stereocenters. The number of hydrogen-bond donors (Lipinski definition) is 4. The second-order valence-corrected chi connectivity index (χ2v) is 9.85. The maximum Gasteiger partial charge on any atom is 0.330 e. The first-order valence-corrected chi connectivity index (χ1v) is 12.6. The monoisotopic (exact) mass is 498 g/mol. The number of carboxylic acid groups (broad SMARTS) is 1. The molecule has 0 aromatic heterocycles. The molecular formula is C26H42O9. The highest BCUT2D eigenvalue weighted by molar-refractivity contribution is 5.82. The lowest BCUT2D eigenvalue weighted by Gasteiger charge is -2.38. The molecule has 2 rings (SSSR count). The Morgan fingerprint density at radius 3 is 2.49 bits per heavy atom. The second-order valence-electron chi connectivity index (χ2n) is 9.85. The predicted molar refractivity (Wildman–Crippen MR) is 129 cm³/mol. The Bertz CT molecular complexity index is 732. The highest BCUT2D eigenvalue weighted by Crippen LogP contribution is 2.38. The molecule has 9 nitrogen and oxygen atoms in total. The summed E-state index contributed by atoms with van der Waals surface area (Å²) >= 11 is 0. The number of aliphatic carboxylic acids is 1. The van der Waals surface area contributed by atoms with Gasteiger partial charge in [0.2, 0.25) is 0 Å². The van der Waals surface area contributed by atoms with Gasteiger partial charge >= 0.3 is 11.9 Å². The maximum absolute atomic E-state index is 12.0. The van der Waals surface area contributed by atoms with E-state index in [2.05, 4.69) is 0 Å². The average Bonchev–Trinajstić information content (AvgIpc) is 3.55. The summed E-state index contributed by atoms with van der Waals surface area (Å²) in [5, 5.41) is 39.4. The second kappa shape index (κ2) is 14.7. The van der Waals surface area contributed by atoms with Crippen molar-refractivity contribution < 1.29 is 44.2 Å². The standard InChI is InChI=1S/C26H42O9/c1-16(13-23(30)33-11-9-7-5-4-6-8-10-22(28)29)12-20-25(32)24(31)19(15-34-20)14-21-26(35-21)17(2)18(3)27/h4,6,13,17-21,24-27,31-32H,5,7-12,14-15H2,1-3H3,(H,28,29)/b6-4+,16-13+. The van der Waals surface area contributed by atoms with Crippen LogP contribution in [-0.2, 0) is 23.8 Å². The van der Waals surface area contributed by atoms with Crippen LogP contribution >= 0.6 is 0 Å². The number of carboxylic acids is 1. The van der Waals surface area contributed by atoms with Crippen molar-refractivity contribution >= 4 is 11.9 Å². The minimum absolute atomic E-state index is 0.0131. The van der Waals surface area contributed by atoms with Crippen molar-refractivity contribution in [3.63, 3.8) is 0 Å². The molecule has 4 N–H and O–H groups in total. The Labute approximate surface area is 207 Å². The SMILES string of the molecule is C/C(=C\C(=O)OCCCC/C=C/CCC(=O)O)CC1OCC(CC2OC2C(C)C(C)O)C(O)C1O. The van der Waals surface area contributed by atoms with E-state index in [0.29, 0.717) is 44.5 Å². The van der Waals surface area contributed by atoms with Gasteiger partial charge in [0.05, 0.1) is 43.7 Å². The Balaban J connectivity index is 1.64. The number of unbranched alkanes of at least 4 members (excludes halogenated alkanes) is 2. The molecule has 0 amide bonds. The van der Waals surface area contributed by atoms with Crippen LogP contribution in [0.15, 0.2) is 23.8 Å². The van der Waals surface area contributed by atoms with Gasteiger partial charge < -0.3 is 34.6 Å². The summed E-state index contributed by atoms with van der Waals surface area (Å²) in [6.45, 7) is 6.01. The lowest BCUT2D eigenvalue weighted by Crippen LogP contribution is -2.50. The number of carbonyl (C=O) groups is 2. The van der Waals surface area contributed by atoms with Gasteiger partial charge in [-0.3, -0.25) is 4.79 Å². The van der Waals surface area contributed by atoms with Crippen molar-refractivity contribution in [1.82, 2.24) is 0 Å². The molecule has 2 heterocycles. The summed E-state index contributed by atoms with van der Waals surface area (Å²) in [7, 11) is 0. The minimum atomic E-state index is -1.07. The van der Waals surface area contributed by atoms with Crippen molar-refractivity contribution in [2.45, 2.75) is 102 Å². The fourth-order valence-corrected chi connectivity index (χ4v) is 4.31. The van der Waals surface area contributed by atoms with Crippen molar-refractivity contribution in [3.8, 4) is 0 Å². The Kier molecular flexibility index (Phi) is 12.4. The maximum atomic E-state index is 12.0. The predicted octanol–water partition coefficient (Wildman–Crippen LogP) is 2.37. The van der Waals surface area contributed by atoms with Crippen LogP contribution in [0.4, 0.5) is 0 Å². The molecule has 2 aliphatic rings. The van der Waals surface area contributed by atoms with Crippen LogP contribution in [-0.4, -0.2) is 82.2 Å². The summed E-state index contributed by atoms with van der Waals surface area (Å²) in [6.07, 6.45) is 5.88. The van der Waals surface area contributed by atoms with E-state index < -0.39 is 36.4 Å². The third kappa shape index (κ3) is 10.4. The molecule has 0 aromatic rings. The normalized spacial score (nSPS) is 30.7. The highest BCUT2D eigenvalue weighted by atomic mass is 16.6. The number of aliphatic hydroxyl groups is 3. The number of aliphatic hydroxyl groups excluding tert-OH is 3. The molecular weight excluding hydrogens is 456 g/mol. The van der Waals surface area contributed by atoms with E-state index in [-0.39, 0.29) is 30.5 Å². The van der Waals surface area contributed by atoms with Gasteiger partial charge in [-0.25, -0.2) is 4.79 Å². The van der Waals surface area contributed by atoms with Crippen LogP contribution in [0.25, 0.3) is 0 Å². The van der Waals surface area contributed by atoms with Crippen molar-refractivity contribution in [2.24, 2.45) is 11.8 Å². The molecule has 0 saturated carbocycles. The third-order valence-corrected chi connectivity index (χ3v) is 6.76. The van der Waals surface area contributed by atoms with Crippen LogP contribution in [0, 0.1) is 11.8 Å². The molecule has 200 valence electrons. The number of epoxide rings is 1. The molecule has 2 fully saturated rings. The van der Waals surface area contributed by atoms with Gasteiger partial charge in [0.15, 0.2) is 0 Å². The number of allylic oxidation sites excluding steroid dienone is 2. The zero-order chi connectivity index (χ0) is 26.0. The van der Waals surface area contributed by atoms with Crippen LogP contribution in [0.5, 0.6) is 0 Å². The Hall–Kier alpha value is -1.78. The molecule has 0 spiro atoms. The van der Waals surface area contributed by atoms with E-state index in [0.717, 1.165) is 12.8 Å². The molecule has 0 aliphatic carbocycles. The Morgan fingerprint density at radius 1 is 1.09 bits per heavy atom. The Morgan fingerprint density at radius 2 is 1.80 bits per heavy atom. The van der Waals surface area contributed by atoms with Gasteiger partial charge in [-0.05, 0) is 52.4 Å². The highest BCUT2D eigenvalue weighted by Gasteiger charge is 2.48. The van der Waals surface area contributed by atoms with E-state index in [4.69, 9.17) is 19.3 Å². The molecule has 2 saturated heterocycles. The lowest BCUT2D eigenvalue weighted by molar-refractivity contribution is -0.165. The summed E-state index contributed by atoms with van der Waals surface area (Å²) in [4.78, 5) is 22.5. The lowest BCUT2D eigenvalue weighted by atomic mass is 9.85. The molecule has 0 bridgehead atoms. The van der Waals surface area contributed by atoms with E-state index in [1.165, 1.54) is 6.08 Å². The van der Waals surface area contributed by atoms with Crippen LogP contribution in [0.3, 0.4) is 0 Å². The summed E-state index contributed by atoms with van der Waals surface area (Å²) in [6, 6.07) is 0. The molecule has 35 heavy (non-hydrogen) atoms. The summed E-state index contributed by atoms with van der Waals surface area (Å²) in [5.74, 6) is -1.50. The van der Waals surface area contributed by atoms with Gasteiger partial charge in [-0.1, -0.05) is 24.6 Å². The third-order valence-electron chi connectivity index (χ3n) is 6.76. The van der Waals surface area contributed by atoms with Gasteiger partial charge in [0, 0.05) is 24.3 Å². The van der Waals surface area contributed by atoms with Crippen molar-refractivity contribution in [1.29, 1.82) is 0 Å². The smallest absolute Gasteiger partial charge is 0.330 e. The van der Waals surface area contributed by atoms with Crippen molar-refractivity contribution in [3.05, 3.63) is 23.8 Å². The molecule has 0 aromatic carbocycles. The first-order valence-electron chi connectivity index (χ1n) is 12.6. The fourth-order valence-electron chi connectivity index (χ4n) is 4.31. The van der Waals surface area contributed by atoms with Gasteiger partial charge in [0.25, 0.3) is 0 Å². The topological polar surface area (TPSA) is 146 Å². The molecule has 2 aliphatic heterocycles. The van der Waals surface area contributed by atoms with Crippen molar-refractivity contribution in [2.75, 3.05) is 13.2 Å². The van der Waals surface area contributed by atoms with E-state index in [1.807, 2.05) is 19.1 Å².